The van der Waals surface area contributed by atoms with Crippen LogP contribution in [0.15, 0.2) is 16.9 Å². The Kier molecular flexibility index (Phi) is 3.30. The van der Waals surface area contributed by atoms with Crippen LogP contribution in [0.25, 0.3) is 0 Å². The highest BCUT2D eigenvalue weighted by molar-refractivity contribution is 9.10. The van der Waals surface area contributed by atoms with E-state index in [1.165, 1.54) is 0 Å². The fourth-order valence-corrected chi connectivity index (χ4v) is 2.12. The molecular formula is C10H11BrN6O2. The Morgan fingerprint density at radius 1 is 1.63 bits per heavy atom. The Morgan fingerprint density at radius 3 is 3.21 bits per heavy atom. The minimum Gasteiger partial charge on any atom is -0.379 e. The summed E-state index contributed by atoms with van der Waals surface area (Å²) in [6.07, 6.45) is 4.07. The Hall–Kier alpha value is -1.74. The first-order valence-electron chi connectivity index (χ1n) is 5.74. The molecule has 3 rings (SSSR count). The van der Waals surface area contributed by atoms with Gasteiger partial charge in [-0.3, -0.25) is 9.89 Å². The second-order valence-corrected chi connectivity index (χ2v) is 5.00. The number of rotatable bonds is 3. The van der Waals surface area contributed by atoms with Crippen molar-refractivity contribution in [3.05, 3.63) is 22.6 Å². The number of carbonyl (C=O) groups excluding carboxylic acids is 1. The Balaban J connectivity index is 1.72. The van der Waals surface area contributed by atoms with Crippen molar-refractivity contribution in [2.45, 2.75) is 12.5 Å². The molecular weight excluding hydrogens is 316 g/mol. The number of amides is 1. The molecule has 19 heavy (non-hydrogen) atoms. The predicted octanol–water partition coefficient (Wildman–Crippen LogP) is 0.977. The van der Waals surface area contributed by atoms with Crippen molar-refractivity contribution in [3.63, 3.8) is 0 Å². The quantitative estimate of drug-likeness (QED) is 0.876. The van der Waals surface area contributed by atoms with E-state index in [1.807, 2.05) is 0 Å². The van der Waals surface area contributed by atoms with Gasteiger partial charge in [-0.1, -0.05) is 5.21 Å². The number of anilines is 1. The molecule has 2 aromatic heterocycles. The lowest BCUT2D eigenvalue weighted by Gasteiger charge is -2.05. The molecule has 1 unspecified atom stereocenters. The van der Waals surface area contributed by atoms with Crippen LogP contribution in [-0.4, -0.2) is 44.3 Å². The maximum atomic E-state index is 12.0. The van der Waals surface area contributed by atoms with Crippen LogP contribution in [-0.2, 0) is 4.74 Å². The smallest absolute Gasteiger partial charge is 0.279 e. The summed E-state index contributed by atoms with van der Waals surface area (Å²) in [5, 5.41) is 16.9. The van der Waals surface area contributed by atoms with Gasteiger partial charge in [0.1, 0.15) is 5.82 Å². The van der Waals surface area contributed by atoms with Gasteiger partial charge in [0.25, 0.3) is 5.91 Å². The van der Waals surface area contributed by atoms with Crippen molar-refractivity contribution in [2.24, 2.45) is 0 Å². The van der Waals surface area contributed by atoms with E-state index in [2.05, 4.69) is 41.8 Å². The van der Waals surface area contributed by atoms with Gasteiger partial charge in [-0.25, -0.2) is 4.68 Å². The van der Waals surface area contributed by atoms with Crippen LogP contribution >= 0.6 is 15.9 Å². The molecule has 1 saturated heterocycles. The van der Waals surface area contributed by atoms with Gasteiger partial charge in [-0.05, 0) is 22.4 Å². The molecule has 0 saturated carbocycles. The molecule has 0 aromatic carbocycles. The summed E-state index contributed by atoms with van der Waals surface area (Å²) in [6, 6.07) is 0.160. The van der Waals surface area contributed by atoms with Crippen LogP contribution in [0.2, 0.25) is 0 Å². The monoisotopic (exact) mass is 326 g/mol. The number of nitrogens with one attached hydrogen (secondary N) is 2. The molecule has 0 aliphatic carbocycles. The minimum atomic E-state index is -0.338. The van der Waals surface area contributed by atoms with Gasteiger partial charge < -0.3 is 10.1 Å². The van der Waals surface area contributed by atoms with Crippen LogP contribution in [0.1, 0.15) is 23.0 Å². The summed E-state index contributed by atoms with van der Waals surface area (Å²) in [7, 11) is 0. The number of aromatic amines is 1. The second kappa shape index (κ2) is 5.10. The lowest BCUT2D eigenvalue weighted by molar-refractivity contribution is 0.102. The highest BCUT2D eigenvalue weighted by Gasteiger charge is 2.21. The Morgan fingerprint density at radius 2 is 2.53 bits per heavy atom. The molecule has 8 nitrogen and oxygen atoms in total. The van der Waals surface area contributed by atoms with E-state index in [-0.39, 0.29) is 17.6 Å². The molecule has 1 amide bonds. The highest BCUT2D eigenvalue weighted by atomic mass is 79.9. The van der Waals surface area contributed by atoms with Crippen LogP contribution in [0.4, 0.5) is 5.82 Å². The van der Waals surface area contributed by atoms with Crippen molar-refractivity contribution in [1.29, 1.82) is 0 Å². The molecule has 0 radical (unpaired) electrons. The Bertz CT molecular complexity index is 588. The lowest BCUT2D eigenvalue weighted by atomic mass is 10.3. The van der Waals surface area contributed by atoms with Crippen LogP contribution < -0.4 is 5.32 Å². The molecule has 0 spiro atoms. The first kappa shape index (κ1) is 12.3. The SMILES string of the molecule is O=C(Nc1[nH]ncc1Br)c1cn(C2CCOC2)nn1. The molecule has 2 N–H and O–H groups in total. The fourth-order valence-electron chi connectivity index (χ4n) is 1.83. The summed E-state index contributed by atoms with van der Waals surface area (Å²) < 4.78 is 7.62. The molecule has 100 valence electrons. The minimum absolute atomic E-state index is 0.160. The summed E-state index contributed by atoms with van der Waals surface area (Å²) in [4.78, 5) is 12.0. The number of halogens is 1. The van der Waals surface area contributed by atoms with E-state index >= 15 is 0 Å². The van der Waals surface area contributed by atoms with Crippen LogP contribution in [0.3, 0.4) is 0 Å². The van der Waals surface area contributed by atoms with E-state index in [9.17, 15) is 4.79 Å². The zero-order valence-corrected chi connectivity index (χ0v) is 11.4. The number of ether oxygens (including phenoxy) is 1. The average Bonchev–Trinajstić information content (AvgIpc) is 3.09. The topological polar surface area (TPSA) is 97.7 Å². The second-order valence-electron chi connectivity index (χ2n) is 4.15. The van der Waals surface area contributed by atoms with Crippen molar-refractivity contribution in [3.8, 4) is 0 Å². The van der Waals surface area contributed by atoms with Gasteiger partial charge in [0.2, 0.25) is 0 Å². The van der Waals surface area contributed by atoms with E-state index in [0.717, 1.165) is 6.42 Å². The van der Waals surface area contributed by atoms with Crippen LogP contribution in [0, 0.1) is 0 Å². The van der Waals surface area contributed by atoms with Crippen LogP contribution in [0.5, 0.6) is 0 Å². The molecule has 3 heterocycles. The van der Waals surface area contributed by atoms with E-state index < -0.39 is 0 Å². The lowest BCUT2D eigenvalue weighted by Crippen LogP contribution is -2.13. The molecule has 1 aliphatic heterocycles. The number of aromatic nitrogens is 5. The molecule has 2 aromatic rings. The first-order chi connectivity index (χ1) is 9.24. The van der Waals surface area contributed by atoms with Gasteiger partial charge >= 0.3 is 0 Å². The highest BCUT2D eigenvalue weighted by Crippen LogP contribution is 2.19. The third kappa shape index (κ3) is 2.51. The van der Waals surface area contributed by atoms with Crippen molar-refractivity contribution < 1.29 is 9.53 Å². The number of hydrogen-bond donors (Lipinski definition) is 2. The summed E-state index contributed by atoms with van der Waals surface area (Å²) in [5.74, 6) is 0.152. The zero-order chi connectivity index (χ0) is 13.2. The first-order valence-corrected chi connectivity index (χ1v) is 6.53. The summed E-state index contributed by atoms with van der Waals surface area (Å²) >= 11 is 3.26. The summed E-state index contributed by atoms with van der Waals surface area (Å²) in [5.41, 5.74) is 0.258. The summed E-state index contributed by atoms with van der Waals surface area (Å²) in [6.45, 7) is 1.32. The number of nitrogens with zero attached hydrogens (tertiary/aromatic N) is 4. The van der Waals surface area contributed by atoms with Gasteiger partial charge in [0.05, 0.1) is 29.5 Å². The standard InChI is InChI=1S/C10H11BrN6O2/c11-7-3-12-15-9(7)13-10(18)8-4-17(16-14-8)6-1-2-19-5-6/h3-4,6H,1-2,5H2,(H2,12,13,15,18). The molecule has 1 aliphatic rings. The normalized spacial score (nSPS) is 18.7. The van der Waals surface area contributed by atoms with E-state index in [1.54, 1.807) is 17.1 Å². The molecule has 0 bridgehead atoms. The van der Waals surface area contributed by atoms with E-state index in [0.29, 0.717) is 23.5 Å². The van der Waals surface area contributed by atoms with Gasteiger partial charge in [-0.2, -0.15) is 5.10 Å². The van der Waals surface area contributed by atoms with E-state index in [4.69, 9.17) is 4.74 Å². The van der Waals surface area contributed by atoms with Crippen molar-refractivity contribution >= 4 is 27.7 Å². The number of hydrogen-bond acceptors (Lipinski definition) is 5. The van der Waals surface area contributed by atoms with Gasteiger partial charge in [0.15, 0.2) is 5.69 Å². The molecule has 9 heteroatoms. The third-order valence-corrected chi connectivity index (χ3v) is 3.46. The fraction of sp³-hybridized carbons (Fsp3) is 0.400. The molecule has 1 atom stereocenters. The third-order valence-electron chi connectivity index (χ3n) is 2.85. The molecule has 1 fully saturated rings. The maximum Gasteiger partial charge on any atom is 0.279 e. The van der Waals surface area contributed by atoms with Gasteiger partial charge in [-0.15, -0.1) is 5.10 Å². The Labute approximate surface area is 116 Å². The number of carbonyl (C=O) groups is 1. The maximum absolute atomic E-state index is 12.0. The zero-order valence-electron chi connectivity index (χ0n) is 9.84. The largest absolute Gasteiger partial charge is 0.379 e. The average molecular weight is 327 g/mol. The van der Waals surface area contributed by atoms with Gasteiger partial charge in [0, 0.05) is 6.61 Å². The van der Waals surface area contributed by atoms with Crippen molar-refractivity contribution in [1.82, 2.24) is 25.2 Å². The number of H-pyrrole nitrogens is 1. The predicted molar refractivity (Wildman–Crippen MR) is 68.7 cm³/mol. The van der Waals surface area contributed by atoms with Crippen molar-refractivity contribution in [2.75, 3.05) is 18.5 Å².